The molecule has 0 aliphatic carbocycles. The minimum absolute atomic E-state index is 0.0736. The van der Waals surface area contributed by atoms with Crippen LogP contribution < -0.4 is 16.4 Å². The highest BCUT2D eigenvalue weighted by atomic mass is 16.3. The topological polar surface area (TPSA) is 148 Å². The van der Waals surface area contributed by atoms with Gasteiger partial charge in [0.15, 0.2) is 11.5 Å². The van der Waals surface area contributed by atoms with E-state index in [0.29, 0.717) is 6.42 Å². The predicted octanol–water partition coefficient (Wildman–Crippen LogP) is 0.902. The number of likely N-dealkylation sites (tertiary alicyclic amines) is 1. The van der Waals surface area contributed by atoms with Gasteiger partial charge in [-0.25, -0.2) is 0 Å². The van der Waals surface area contributed by atoms with E-state index in [-0.39, 0.29) is 30.4 Å². The van der Waals surface area contributed by atoms with Crippen molar-refractivity contribution in [1.29, 1.82) is 0 Å². The number of nitrogens with one attached hydrogen (secondary N) is 2. The Bertz CT molecular complexity index is 922. The maximum atomic E-state index is 13.0. The average Bonchev–Trinajstić information content (AvgIpc) is 3.47. The summed E-state index contributed by atoms with van der Waals surface area (Å²) >= 11 is 0. The van der Waals surface area contributed by atoms with Crippen LogP contribution in [0.15, 0.2) is 45.6 Å². The molecule has 0 saturated carbocycles. The van der Waals surface area contributed by atoms with Crippen LogP contribution in [-0.2, 0) is 9.59 Å². The van der Waals surface area contributed by atoms with Gasteiger partial charge in [0.2, 0.25) is 11.8 Å². The fourth-order valence-electron chi connectivity index (χ4n) is 3.61. The molecule has 0 aromatic carbocycles. The van der Waals surface area contributed by atoms with E-state index in [1.165, 1.54) is 29.6 Å². The van der Waals surface area contributed by atoms with Crippen LogP contribution in [0.1, 0.15) is 47.8 Å². The molecular weight excluding hydrogens is 404 g/mol. The second-order valence-electron chi connectivity index (χ2n) is 7.93. The molecule has 1 aliphatic rings. The van der Waals surface area contributed by atoms with Crippen molar-refractivity contribution in [3.63, 3.8) is 0 Å². The van der Waals surface area contributed by atoms with Crippen LogP contribution in [-0.4, -0.2) is 53.2 Å². The third kappa shape index (κ3) is 5.33. The van der Waals surface area contributed by atoms with E-state index in [0.717, 1.165) is 0 Å². The van der Waals surface area contributed by atoms with Gasteiger partial charge >= 0.3 is 0 Å². The number of hydrogen-bond acceptors (Lipinski definition) is 6. The van der Waals surface area contributed by atoms with Gasteiger partial charge in [0.25, 0.3) is 11.8 Å². The minimum atomic E-state index is -0.909. The van der Waals surface area contributed by atoms with E-state index in [4.69, 9.17) is 14.6 Å². The number of furan rings is 2. The first-order valence-electron chi connectivity index (χ1n) is 10.0. The monoisotopic (exact) mass is 430 g/mol. The van der Waals surface area contributed by atoms with Crippen molar-refractivity contribution in [3.8, 4) is 0 Å². The summed E-state index contributed by atoms with van der Waals surface area (Å²) in [6.45, 7) is 3.91. The first kappa shape index (κ1) is 22.1. The van der Waals surface area contributed by atoms with Gasteiger partial charge in [0, 0.05) is 12.6 Å². The van der Waals surface area contributed by atoms with Crippen LogP contribution in [0.5, 0.6) is 0 Å². The zero-order valence-corrected chi connectivity index (χ0v) is 17.4. The molecule has 3 unspecified atom stereocenters. The van der Waals surface area contributed by atoms with Crippen LogP contribution >= 0.6 is 0 Å². The number of carbonyl (C=O) groups is 4. The molecule has 3 heterocycles. The molecule has 31 heavy (non-hydrogen) atoms. The van der Waals surface area contributed by atoms with Crippen molar-refractivity contribution < 1.29 is 28.0 Å². The van der Waals surface area contributed by atoms with E-state index in [1.807, 2.05) is 13.8 Å². The number of rotatable bonds is 8. The van der Waals surface area contributed by atoms with E-state index >= 15 is 0 Å². The number of primary amides is 1. The van der Waals surface area contributed by atoms with E-state index in [9.17, 15) is 19.2 Å². The Morgan fingerprint density at radius 3 is 2.32 bits per heavy atom. The molecule has 3 atom stereocenters. The molecule has 166 valence electrons. The summed E-state index contributed by atoms with van der Waals surface area (Å²) in [7, 11) is 0. The molecule has 0 spiro atoms. The fourth-order valence-corrected chi connectivity index (χ4v) is 3.61. The summed E-state index contributed by atoms with van der Waals surface area (Å²) in [5.41, 5.74) is 5.43. The van der Waals surface area contributed by atoms with Gasteiger partial charge in [-0.3, -0.25) is 19.2 Å². The second-order valence-corrected chi connectivity index (χ2v) is 7.93. The van der Waals surface area contributed by atoms with Crippen molar-refractivity contribution in [3.05, 3.63) is 48.3 Å². The Kier molecular flexibility index (Phi) is 6.78. The van der Waals surface area contributed by atoms with Crippen molar-refractivity contribution in [2.75, 3.05) is 6.54 Å². The maximum absolute atomic E-state index is 13.0. The molecule has 1 aliphatic heterocycles. The number of nitrogens with zero attached hydrogens (tertiary/aromatic N) is 1. The van der Waals surface area contributed by atoms with Gasteiger partial charge in [0.05, 0.1) is 12.5 Å². The molecule has 1 saturated heterocycles. The Labute approximate surface area is 179 Å². The van der Waals surface area contributed by atoms with Gasteiger partial charge in [-0.2, -0.15) is 0 Å². The van der Waals surface area contributed by atoms with Crippen molar-refractivity contribution in [2.24, 2.45) is 11.7 Å². The zero-order chi connectivity index (χ0) is 22.5. The summed E-state index contributed by atoms with van der Waals surface area (Å²) in [6.07, 6.45) is 3.28. The standard InChI is InChI=1S/C21H26N4O6/c1-12(2)9-14(18(22)26)24-19(27)15-10-13(23-20(28)16-5-3-7-30-16)11-25(15)21(29)17-6-4-8-31-17/h3-8,12-15H,9-11H2,1-2H3,(H2,22,26)(H,23,28)(H,24,27). The SMILES string of the molecule is CC(C)CC(NC(=O)C1CC(NC(=O)c2ccco2)CN1C(=O)c1ccco1)C(N)=O. The normalized spacial score (nSPS) is 19.3. The van der Waals surface area contributed by atoms with Crippen LogP contribution in [0.2, 0.25) is 0 Å². The number of hydrogen-bond donors (Lipinski definition) is 3. The molecular formula is C21H26N4O6. The molecule has 10 nitrogen and oxygen atoms in total. The lowest BCUT2D eigenvalue weighted by Gasteiger charge is -2.25. The summed E-state index contributed by atoms with van der Waals surface area (Å²) < 4.78 is 10.3. The number of carbonyl (C=O) groups excluding carboxylic acids is 4. The molecule has 4 N–H and O–H groups in total. The fraction of sp³-hybridized carbons (Fsp3) is 0.429. The van der Waals surface area contributed by atoms with Gasteiger partial charge in [-0.15, -0.1) is 0 Å². The molecule has 0 radical (unpaired) electrons. The molecule has 3 rings (SSSR count). The first-order chi connectivity index (χ1) is 14.8. The zero-order valence-electron chi connectivity index (χ0n) is 17.4. The van der Waals surface area contributed by atoms with E-state index in [1.54, 1.807) is 12.1 Å². The van der Waals surface area contributed by atoms with E-state index < -0.39 is 41.8 Å². The molecule has 0 bridgehead atoms. The third-order valence-corrected chi connectivity index (χ3v) is 5.04. The lowest BCUT2D eigenvalue weighted by molar-refractivity contribution is -0.130. The van der Waals surface area contributed by atoms with Gasteiger partial charge in [-0.1, -0.05) is 13.8 Å². The smallest absolute Gasteiger partial charge is 0.290 e. The maximum Gasteiger partial charge on any atom is 0.290 e. The third-order valence-electron chi connectivity index (χ3n) is 5.04. The van der Waals surface area contributed by atoms with Crippen LogP contribution in [0, 0.1) is 5.92 Å². The Balaban J connectivity index is 1.76. The largest absolute Gasteiger partial charge is 0.459 e. The first-order valence-corrected chi connectivity index (χ1v) is 10.0. The van der Waals surface area contributed by atoms with Crippen molar-refractivity contribution in [2.45, 2.75) is 44.8 Å². The highest BCUT2D eigenvalue weighted by Crippen LogP contribution is 2.22. The van der Waals surface area contributed by atoms with Crippen molar-refractivity contribution in [1.82, 2.24) is 15.5 Å². The lowest BCUT2D eigenvalue weighted by atomic mass is 10.0. The van der Waals surface area contributed by atoms with Crippen LogP contribution in [0.4, 0.5) is 0 Å². The van der Waals surface area contributed by atoms with Crippen LogP contribution in [0.3, 0.4) is 0 Å². The summed E-state index contributed by atoms with van der Waals surface area (Å²) in [5, 5.41) is 5.43. The second kappa shape index (κ2) is 9.50. The summed E-state index contributed by atoms with van der Waals surface area (Å²) in [6, 6.07) is 3.91. The summed E-state index contributed by atoms with van der Waals surface area (Å²) in [4.78, 5) is 51.4. The quantitative estimate of drug-likeness (QED) is 0.567. The highest BCUT2D eigenvalue weighted by molar-refractivity contribution is 5.97. The molecule has 2 aromatic rings. The molecule has 10 heteroatoms. The Morgan fingerprint density at radius 1 is 1.13 bits per heavy atom. The van der Waals surface area contributed by atoms with Gasteiger partial charge in [0.1, 0.15) is 12.1 Å². The Hall–Kier alpha value is -3.56. The summed E-state index contributed by atoms with van der Waals surface area (Å²) in [5.74, 6) is -1.77. The van der Waals surface area contributed by atoms with Gasteiger partial charge < -0.3 is 30.1 Å². The van der Waals surface area contributed by atoms with Crippen LogP contribution in [0.25, 0.3) is 0 Å². The molecule has 1 fully saturated rings. The van der Waals surface area contributed by atoms with Gasteiger partial charge in [-0.05, 0) is 43.0 Å². The van der Waals surface area contributed by atoms with Crippen molar-refractivity contribution >= 4 is 23.6 Å². The molecule has 4 amide bonds. The number of nitrogens with two attached hydrogens (primary N) is 1. The lowest BCUT2D eigenvalue weighted by Crippen LogP contribution is -2.52. The highest BCUT2D eigenvalue weighted by Gasteiger charge is 2.42. The predicted molar refractivity (Wildman–Crippen MR) is 109 cm³/mol. The average molecular weight is 430 g/mol. The minimum Gasteiger partial charge on any atom is -0.459 e. The molecule has 2 aromatic heterocycles. The Morgan fingerprint density at radius 2 is 1.77 bits per heavy atom. The number of amides is 4. The van der Waals surface area contributed by atoms with E-state index in [2.05, 4.69) is 10.6 Å².